The Labute approximate surface area is 159 Å². The van der Waals surface area contributed by atoms with Gasteiger partial charge in [-0.2, -0.15) is 0 Å². The number of epoxide rings is 1. The summed E-state index contributed by atoms with van der Waals surface area (Å²) in [4.78, 5) is 10.3. The molecule has 0 amide bonds. The number of carboxylic acid groups (broad SMARTS) is 1. The predicted octanol–water partition coefficient (Wildman–Crippen LogP) is 5.40. The molecule has 2 N–H and O–H groups in total. The Balaban J connectivity index is 1.84. The molecule has 1 heterocycles. The van der Waals surface area contributed by atoms with Crippen LogP contribution in [0.25, 0.3) is 0 Å². The standard InChI is InChI=1S/C22H38O4/c1-2-3-11-14-19(23)17-18-21-20(26-21)15-12-9-7-5-4-6-8-10-13-16-22(24)25/h8,10,13,16,19-21,23H,2-7,9,11-12,14-15,17-18H2,1H3,(H,24,25). The van der Waals surface area contributed by atoms with Crippen LogP contribution < -0.4 is 0 Å². The molecule has 0 aromatic heterocycles. The van der Waals surface area contributed by atoms with Crippen LogP contribution in [0.2, 0.25) is 0 Å². The van der Waals surface area contributed by atoms with Crippen LogP contribution in [0.1, 0.15) is 90.4 Å². The molecule has 3 unspecified atom stereocenters. The third-order valence-electron chi connectivity index (χ3n) is 4.96. The van der Waals surface area contributed by atoms with Crippen molar-refractivity contribution in [2.75, 3.05) is 0 Å². The van der Waals surface area contributed by atoms with Gasteiger partial charge in [0.2, 0.25) is 0 Å². The van der Waals surface area contributed by atoms with Gasteiger partial charge in [-0.1, -0.05) is 70.1 Å². The summed E-state index contributed by atoms with van der Waals surface area (Å²) in [5.74, 6) is -0.903. The van der Waals surface area contributed by atoms with Crippen LogP contribution >= 0.6 is 0 Å². The lowest BCUT2D eigenvalue weighted by atomic mass is 10.0. The van der Waals surface area contributed by atoms with Gasteiger partial charge < -0.3 is 14.9 Å². The molecule has 1 rings (SSSR count). The van der Waals surface area contributed by atoms with Gasteiger partial charge in [-0.25, -0.2) is 4.79 Å². The Kier molecular flexibility index (Phi) is 13.2. The molecule has 0 aliphatic carbocycles. The van der Waals surface area contributed by atoms with E-state index in [-0.39, 0.29) is 6.10 Å². The van der Waals surface area contributed by atoms with E-state index in [1.807, 2.05) is 6.08 Å². The maximum Gasteiger partial charge on any atom is 0.328 e. The van der Waals surface area contributed by atoms with E-state index in [1.165, 1.54) is 38.5 Å². The minimum atomic E-state index is -0.903. The van der Waals surface area contributed by atoms with Gasteiger partial charge in [0.05, 0.1) is 18.3 Å². The van der Waals surface area contributed by atoms with Crippen LogP contribution in [-0.2, 0) is 9.53 Å². The molecule has 0 radical (unpaired) electrons. The monoisotopic (exact) mass is 366 g/mol. The molecule has 4 heteroatoms. The van der Waals surface area contributed by atoms with Crippen LogP contribution in [0.3, 0.4) is 0 Å². The smallest absolute Gasteiger partial charge is 0.328 e. The van der Waals surface area contributed by atoms with E-state index in [2.05, 4.69) is 6.92 Å². The van der Waals surface area contributed by atoms with Gasteiger partial charge in [0.25, 0.3) is 0 Å². The summed E-state index contributed by atoms with van der Waals surface area (Å²) in [7, 11) is 0. The minimum absolute atomic E-state index is 0.139. The third kappa shape index (κ3) is 13.1. The van der Waals surface area contributed by atoms with Gasteiger partial charge in [-0.3, -0.25) is 0 Å². The summed E-state index contributed by atoms with van der Waals surface area (Å²) in [5, 5.41) is 18.4. The quantitative estimate of drug-likeness (QED) is 0.156. The van der Waals surface area contributed by atoms with Crippen LogP contribution in [0.5, 0.6) is 0 Å². The zero-order chi connectivity index (χ0) is 19.0. The zero-order valence-electron chi connectivity index (χ0n) is 16.4. The first-order valence-corrected chi connectivity index (χ1v) is 10.5. The molecule has 0 bridgehead atoms. The Morgan fingerprint density at radius 2 is 1.69 bits per heavy atom. The van der Waals surface area contributed by atoms with Crippen molar-refractivity contribution in [3.8, 4) is 0 Å². The molecular formula is C22H38O4. The highest BCUT2D eigenvalue weighted by molar-refractivity contribution is 5.80. The molecule has 26 heavy (non-hydrogen) atoms. The molecule has 0 spiro atoms. The van der Waals surface area contributed by atoms with Gasteiger partial charge in [0.1, 0.15) is 0 Å². The molecule has 4 nitrogen and oxygen atoms in total. The molecule has 0 aromatic rings. The fourth-order valence-corrected chi connectivity index (χ4v) is 3.27. The number of ether oxygens (including phenoxy) is 1. The number of aliphatic hydroxyl groups is 1. The van der Waals surface area contributed by atoms with Gasteiger partial charge >= 0.3 is 5.97 Å². The van der Waals surface area contributed by atoms with Gasteiger partial charge in [-0.15, -0.1) is 0 Å². The first-order chi connectivity index (χ1) is 12.6. The average molecular weight is 367 g/mol. The third-order valence-corrected chi connectivity index (χ3v) is 4.96. The van der Waals surface area contributed by atoms with Crippen LogP contribution in [-0.4, -0.2) is 34.5 Å². The number of carboxylic acids is 1. The van der Waals surface area contributed by atoms with E-state index in [0.29, 0.717) is 12.2 Å². The molecule has 1 aliphatic heterocycles. The topological polar surface area (TPSA) is 70.1 Å². The molecule has 150 valence electrons. The van der Waals surface area contributed by atoms with Crippen LogP contribution in [0.4, 0.5) is 0 Å². The lowest BCUT2D eigenvalue weighted by molar-refractivity contribution is -0.131. The second-order valence-electron chi connectivity index (χ2n) is 7.41. The van der Waals surface area contributed by atoms with Crippen molar-refractivity contribution in [1.29, 1.82) is 0 Å². The van der Waals surface area contributed by atoms with Crippen molar-refractivity contribution in [2.45, 2.75) is 109 Å². The maximum absolute atomic E-state index is 10.3. The first-order valence-electron chi connectivity index (χ1n) is 10.5. The number of unbranched alkanes of at least 4 members (excludes halogenated alkanes) is 7. The summed E-state index contributed by atoms with van der Waals surface area (Å²) in [6.07, 6.45) is 22.0. The fraction of sp³-hybridized carbons (Fsp3) is 0.773. The Bertz CT molecular complexity index is 416. The Hall–Kier alpha value is -1.13. The average Bonchev–Trinajstić information content (AvgIpc) is 3.36. The van der Waals surface area contributed by atoms with E-state index >= 15 is 0 Å². The highest BCUT2D eigenvalue weighted by atomic mass is 16.6. The number of carbonyl (C=O) groups is 1. The Morgan fingerprint density at radius 3 is 2.46 bits per heavy atom. The maximum atomic E-state index is 10.3. The lowest BCUT2D eigenvalue weighted by Gasteiger charge is -2.08. The normalized spacial score (nSPS) is 20.8. The summed E-state index contributed by atoms with van der Waals surface area (Å²) >= 11 is 0. The first kappa shape index (κ1) is 22.9. The second-order valence-corrected chi connectivity index (χ2v) is 7.41. The Morgan fingerprint density at radius 1 is 0.962 bits per heavy atom. The molecule has 3 atom stereocenters. The summed E-state index contributed by atoms with van der Waals surface area (Å²) < 4.78 is 5.72. The second kappa shape index (κ2) is 15.0. The van der Waals surface area contributed by atoms with Crippen LogP contribution in [0.15, 0.2) is 24.3 Å². The fourth-order valence-electron chi connectivity index (χ4n) is 3.27. The van der Waals surface area contributed by atoms with E-state index in [4.69, 9.17) is 9.84 Å². The van der Waals surface area contributed by atoms with Gasteiger partial charge in [0.15, 0.2) is 0 Å². The van der Waals surface area contributed by atoms with Crippen molar-refractivity contribution in [3.63, 3.8) is 0 Å². The van der Waals surface area contributed by atoms with Crippen molar-refractivity contribution < 1.29 is 19.7 Å². The van der Waals surface area contributed by atoms with Gasteiger partial charge in [0, 0.05) is 6.08 Å². The number of hydrogen-bond acceptors (Lipinski definition) is 3. The van der Waals surface area contributed by atoms with E-state index < -0.39 is 5.97 Å². The predicted molar refractivity (Wildman–Crippen MR) is 106 cm³/mol. The van der Waals surface area contributed by atoms with Crippen molar-refractivity contribution >= 4 is 5.97 Å². The van der Waals surface area contributed by atoms with E-state index in [9.17, 15) is 9.90 Å². The number of hydrogen-bond donors (Lipinski definition) is 2. The van der Waals surface area contributed by atoms with Crippen LogP contribution in [0, 0.1) is 0 Å². The highest BCUT2D eigenvalue weighted by Crippen LogP contribution is 2.32. The number of rotatable bonds is 17. The molecule has 1 aliphatic rings. The van der Waals surface area contributed by atoms with Gasteiger partial charge in [-0.05, 0) is 38.5 Å². The van der Waals surface area contributed by atoms with Crippen molar-refractivity contribution in [3.05, 3.63) is 24.3 Å². The molecule has 1 saturated heterocycles. The largest absolute Gasteiger partial charge is 0.478 e. The highest BCUT2D eigenvalue weighted by Gasteiger charge is 2.37. The summed E-state index contributed by atoms with van der Waals surface area (Å²) in [5.41, 5.74) is 0. The molecule has 0 saturated carbocycles. The van der Waals surface area contributed by atoms with E-state index in [0.717, 1.165) is 51.0 Å². The molecule has 1 fully saturated rings. The molecule has 0 aromatic carbocycles. The summed E-state index contributed by atoms with van der Waals surface area (Å²) in [6.45, 7) is 2.19. The van der Waals surface area contributed by atoms with Crippen molar-refractivity contribution in [2.24, 2.45) is 0 Å². The summed E-state index contributed by atoms with van der Waals surface area (Å²) in [6, 6.07) is 0. The lowest BCUT2D eigenvalue weighted by Crippen LogP contribution is -2.08. The molecular weight excluding hydrogens is 328 g/mol. The number of allylic oxidation sites excluding steroid dienone is 3. The van der Waals surface area contributed by atoms with Crippen molar-refractivity contribution in [1.82, 2.24) is 0 Å². The minimum Gasteiger partial charge on any atom is -0.478 e. The van der Waals surface area contributed by atoms with E-state index in [1.54, 1.807) is 12.2 Å². The zero-order valence-corrected chi connectivity index (χ0v) is 16.4. The number of aliphatic carboxylic acids is 1. The SMILES string of the molecule is CCCCCC(O)CCC1OC1CCCCCCCC=CC=CC(=O)O. The number of aliphatic hydroxyl groups excluding tert-OH is 1.